The fourth-order valence-corrected chi connectivity index (χ4v) is 1.84. The lowest BCUT2D eigenvalue weighted by Crippen LogP contribution is -2.12. The number of H-pyrrole nitrogens is 1. The Balaban J connectivity index is 2.70. The second-order valence-electron chi connectivity index (χ2n) is 3.80. The van der Waals surface area contributed by atoms with Crippen molar-refractivity contribution in [3.05, 3.63) is 43.2 Å². The van der Waals surface area contributed by atoms with Crippen molar-refractivity contribution in [1.82, 2.24) is 9.97 Å². The van der Waals surface area contributed by atoms with Crippen molar-refractivity contribution in [1.29, 1.82) is 0 Å². The summed E-state index contributed by atoms with van der Waals surface area (Å²) >= 11 is 1.76. The van der Waals surface area contributed by atoms with Gasteiger partial charge < -0.3 is 10.1 Å². The van der Waals surface area contributed by atoms with Crippen LogP contribution in [0.2, 0.25) is 0 Å². The van der Waals surface area contributed by atoms with Gasteiger partial charge in [0.2, 0.25) is 5.88 Å². The summed E-state index contributed by atoms with van der Waals surface area (Å²) in [5.74, 6) is 0.166. The van der Waals surface area contributed by atoms with E-state index in [2.05, 4.69) is 9.97 Å². The molecule has 0 spiro atoms. The third-order valence-corrected chi connectivity index (χ3v) is 3.68. The first-order chi connectivity index (χ1) is 8.00. The molecule has 4 nitrogen and oxygen atoms in total. The van der Waals surface area contributed by atoms with E-state index in [0.29, 0.717) is 5.82 Å². The molecule has 0 radical (unpaired) electrons. The van der Waals surface area contributed by atoms with Gasteiger partial charge in [0.1, 0.15) is 9.39 Å². The molecule has 88 valence electrons. The van der Waals surface area contributed by atoms with Crippen LogP contribution in [-0.2, 0) is 0 Å². The number of aromatic hydroxyl groups is 1. The van der Waals surface area contributed by atoms with Crippen molar-refractivity contribution >= 4 is 22.6 Å². The molecule has 0 amide bonds. The molecule has 1 aromatic carbocycles. The van der Waals surface area contributed by atoms with E-state index in [1.165, 1.54) is 0 Å². The molecule has 2 rings (SSSR count). The standard InChI is InChI=1S/C12H11IN2O2/c1-6-4-3-5-8(7(6)2)10-14-11(16)9(13)12(17)15-10/h3-5H,1-2H3,(H2,14,15,16,17). The number of halogens is 1. The normalized spacial score (nSPS) is 10.5. The van der Waals surface area contributed by atoms with Crippen LogP contribution in [0.5, 0.6) is 5.88 Å². The lowest BCUT2D eigenvalue weighted by atomic mass is 10.0. The number of aryl methyl sites for hydroxylation is 1. The highest BCUT2D eigenvalue weighted by atomic mass is 127. The SMILES string of the molecule is Cc1cccc(-c2nc(O)c(I)c(=O)[nH]2)c1C. The van der Waals surface area contributed by atoms with Crippen molar-refractivity contribution in [2.24, 2.45) is 0 Å². The molecule has 0 saturated carbocycles. The van der Waals surface area contributed by atoms with Gasteiger partial charge in [0.15, 0.2) is 0 Å². The zero-order chi connectivity index (χ0) is 12.6. The molecule has 17 heavy (non-hydrogen) atoms. The van der Waals surface area contributed by atoms with Gasteiger partial charge in [-0.1, -0.05) is 18.2 Å². The number of nitrogens with one attached hydrogen (secondary N) is 1. The van der Waals surface area contributed by atoms with Gasteiger partial charge in [0.05, 0.1) is 0 Å². The van der Waals surface area contributed by atoms with E-state index < -0.39 is 0 Å². The van der Waals surface area contributed by atoms with Crippen LogP contribution in [0.1, 0.15) is 11.1 Å². The second kappa shape index (κ2) is 4.48. The van der Waals surface area contributed by atoms with Gasteiger partial charge in [-0.15, -0.1) is 0 Å². The predicted octanol–water partition coefficient (Wildman–Crippen LogP) is 2.36. The smallest absolute Gasteiger partial charge is 0.268 e. The average molecular weight is 342 g/mol. The van der Waals surface area contributed by atoms with E-state index in [1.54, 1.807) is 22.6 Å². The molecule has 0 fully saturated rings. The van der Waals surface area contributed by atoms with E-state index in [-0.39, 0.29) is 15.0 Å². The Kier molecular flexibility index (Phi) is 3.19. The maximum atomic E-state index is 11.6. The molecule has 2 N–H and O–H groups in total. The minimum atomic E-state index is -0.325. The van der Waals surface area contributed by atoms with Gasteiger partial charge in [-0.05, 0) is 47.6 Å². The average Bonchev–Trinajstić information content (AvgIpc) is 2.29. The minimum Gasteiger partial charge on any atom is -0.492 e. The summed E-state index contributed by atoms with van der Waals surface area (Å²) in [6, 6.07) is 5.75. The molecule has 0 unspecified atom stereocenters. The van der Waals surface area contributed by atoms with Crippen LogP contribution in [0.4, 0.5) is 0 Å². The third-order valence-electron chi connectivity index (χ3n) is 2.71. The van der Waals surface area contributed by atoms with E-state index in [4.69, 9.17) is 0 Å². The highest BCUT2D eigenvalue weighted by molar-refractivity contribution is 14.1. The Morgan fingerprint density at radius 1 is 1.35 bits per heavy atom. The number of aromatic amines is 1. The van der Waals surface area contributed by atoms with Crippen LogP contribution in [0.15, 0.2) is 23.0 Å². The molecule has 0 aliphatic heterocycles. The zero-order valence-corrected chi connectivity index (χ0v) is 11.6. The molecular weight excluding hydrogens is 331 g/mol. The van der Waals surface area contributed by atoms with Crippen LogP contribution in [0.3, 0.4) is 0 Å². The summed E-state index contributed by atoms with van der Waals surface area (Å²) in [4.78, 5) is 18.2. The number of hydrogen-bond acceptors (Lipinski definition) is 3. The Morgan fingerprint density at radius 3 is 2.71 bits per heavy atom. The number of aromatic nitrogens is 2. The fourth-order valence-electron chi connectivity index (χ4n) is 1.58. The fraction of sp³-hybridized carbons (Fsp3) is 0.167. The van der Waals surface area contributed by atoms with Crippen molar-refractivity contribution < 1.29 is 5.11 Å². The van der Waals surface area contributed by atoms with E-state index in [9.17, 15) is 9.90 Å². The maximum absolute atomic E-state index is 11.6. The van der Waals surface area contributed by atoms with Gasteiger partial charge in [-0.25, -0.2) is 0 Å². The summed E-state index contributed by atoms with van der Waals surface area (Å²) in [7, 11) is 0. The topological polar surface area (TPSA) is 66.0 Å². The minimum absolute atomic E-state index is 0.205. The Bertz CT molecular complexity index is 635. The highest BCUT2D eigenvalue weighted by Crippen LogP contribution is 2.23. The molecule has 0 atom stereocenters. The number of benzene rings is 1. The van der Waals surface area contributed by atoms with Crippen LogP contribution < -0.4 is 5.56 Å². The molecular formula is C12H11IN2O2. The Hall–Kier alpha value is -1.37. The van der Waals surface area contributed by atoms with Crippen molar-refractivity contribution in [3.63, 3.8) is 0 Å². The van der Waals surface area contributed by atoms with Crippen molar-refractivity contribution in [2.75, 3.05) is 0 Å². The van der Waals surface area contributed by atoms with E-state index in [0.717, 1.165) is 16.7 Å². The van der Waals surface area contributed by atoms with Gasteiger partial charge in [0.25, 0.3) is 5.56 Å². The van der Waals surface area contributed by atoms with Crippen LogP contribution in [0.25, 0.3) is 11.4 Å². The molecule has 1 heterocycles. The van der Waals surface area contributed by atoms with Crippen LogP contribution >= 0.6 is 22.6 Å². The molecule has 5 heteroatoms. The summed E-state index contributed by atoms with van der Waals surface area (Å²) < 4.78 is 0.205. The van der Waals surface area contributed by atoms with Crippen LogP contribution in [0, 0.1) is 17.4 Å². The maximum Gasteiger partial charge on any atom is 0.268 e. The predicted molar refractivity (Wildman–Crippen MR) is 74.1 cm³/mol. The quantitative estimate of drug-likeness (QED) is 0.782. The first kappa shape index (κ1) is 12.1. The molecule has 0 aliphatic rings. The summed E-state index contributed by atoms with van der Waals surface area (Å²) in [5.41, 5.74) is 2.65. The second-order valence-corrected chi connectivity index (χ2v) is 4.88. The molecule has 2 aromatic rings. The monoisotopic (exact) mass is 342 g/mol. The Labute approximate surface area is 112 Å². The zero-order valence-electron chi connectivity index (χ0n) is 9.41. The summed E-state index contributed by atoms with van der Waals surface area (Å²) in [6.45, 7) is 3.95. The number of rotatable bonds is 1. The summed E-state index contributed by atoms with van der Waals surface area (Å²) in [6.07, 6.45) is 0. The summed E-state index contributed by atoms with van der Waals surface area (Å²) in [5, 5.41) is 9.56. The third kappa shape index (κ3) is 2.19. The number of hydrogen-bond donors (Lipinski definition) is 2. The first-order valence-corrected chi connectivity index (χ1v) is 6.14. The molecule has 1 aromatic heterocycles. The van der Waals surface area contributed by atoms with E-state index in [1.807, 2.05) is 32.0 Å². The van der Waals surface area contributed by atoms with Crippen LogP contribution in [-0.4, -0.2) is 15.1 Å². The highest BCUT2D eigenvalue weighted by Gasteiger charge is 2.11. The largest absolute Gasteiger partial charge is 0.492 e. The Morgan fingerprint density at radius 2 is 2.06 bits per heavy atom. The van der Waals surface area contributed by atoms with Gasteiger partial charge in [-0.2, -0.15) is 4.98 Å². The first-order valence-electron chi connectivity index (χ1n) is 5.06. The van der Waals surface area contributed by atoms with Crippen molar-refractivity contribution in [2.45, 2.75) is 13.8 Å². The molecule has 0 bridgehead atoms. The molecule has 0 aliphatic carbocycles. The molecule has 0 saturated heterocycles. The lowest BCUT2D eigenvalue weighted by molar-refractivity contribution is 0.447. The van der Waals surface area contributed by atoms with Gasteiger partial charge >= 0.3 is 0 Å². The van der Waals surface area contributed by atoms with Gasteiger partial charge in [-0.3, -0.25) is 4.79 Å². The van der Waals surface area contributed by atoms with Gasteiger partial charge in [0, 0.05) is 5.56 Å². The van der Waals surface area contributed by atoms with Crippen molar-refractivity contribution in [3.8, 4) is 17.3 Å². The van der Waals surface area contributed by atoms with E-state index >= 15 is 0 Å². The number of nitrogens with zero attached hydrogens (tertiary/aromatic N) is 1. The lowest BCUT2D eigenvalue weighted by Gasteiger charge is -2.08.